The van der Waals surface area contributed by atoms with Crippen molar-refractivity contribution in [3.8, 4) is 17.2 Å². The van der Waals surface area contributed by atoms with Crippen LogP contribution in [0.25, 0.3) is 0 Å². The number of hydrogen-bond donors (Lipinski definition) is 0. The van der Waals surface area contributed by atoms with Crippen LogP contribution in [0.3, 0.4) is 0 Å². The number of anilines is 1. The summed E-state index contributed by atoms with van der Waals surface area (Å²) in [5.74, 6) is 1.62. The topological polar surface area (TPSA) is 65.1 Å². The van der Waals surface area contributed by atoms with Gasteiger partial charge in [-0.25, -0.2) is 0 Å². The van der Waals surface area contributed by atoms with E-state index < -0.39 is 0 Å². The van der Waals surface area contributed by atoms with E-state index in [1.165, 1.54) is 0 Å². The average molecular weight is 421 g/mol. The fraction of sp³-hybridized carbons (Fsp3) is 0.360. The van der Waals surface area contributed by atoms with Crippen LogP contribution >= 0.6 is 0 Å². The SMILES string of the molecule is CCOc1ccccc1N1C(=O)CC(c2ccc(OC)cc2OC)C2=C1CCCC2=O. The van der Waals surface area contributed by atoms with Crippen molar-refractivity contribution in [1.29, 1.82) is 0 Å². The number of carbonyl (C=O) groups is 2. The molecule has 6 nitrogen and oxygen atoms in total. The Kier molecular flexibility index (Phi) is 5.98. The molecule has 0 saturated heterocycles. The Balaban J connectivity index is 1.87. The van der Waals surface area contributed by atoms with Crippen molar-refractivity contribution in [2.45, 2.75) is 38.5 Å². The minimum atomic E-state index is -0.341. The number of benzene rings is 2. The molecule has 0 fully saturated rings. The predicted octanol–water partition coefficient (Wildman–Crippen LogP) is 4.63. The third kappa shape index (κ3) is 3.78. The molecule has 0 spiro atoms. The zero-order valence-corrected chi connectivity index (χ0v) is 18.1. The van der Waals surface area contributed by atoms with Crippen LogP contribution < -0.4 is 19.1 Å². The van der Waals surface area contributed by atoms with E-state index in [1.54, 1.807) is 25.2 Å². The average Bonchev–Trinajstić information content (AvgIpc) is 2.79. The molecule has 0 aromatic heterocycles. The first-order chi connectivity index (χ1) is 15.1. The van der Waals surface area contributed by atoms with Gasteiger partial charge in [0, 0.05) is 41.7 Å². The van der Waals surface area contributed by atoms with E-state index in [-0.39, 0.29) is 24.0 Å². The van der Waals surface area contributed by atoms with Gasteiger partial charge in [0.2, 0.25) is 5.91 Å². The van der Waals surface area contributed by atoms with Crippen LogP contribution in [0.4, 0.5) is 5.69 Å². The standard InChI is InChI=1S/C25H27NO5/c1-4-31-22-11-6-5-8-19(22)26-20-9-7-10-21(27)25(20)18(15-24(26)28)17-13-12-16(29-2)14-23(17)30-3/h5-6,8,11-14,18H,4,7,9-10,15H2,1-3H3. The van der Waals surface area contributed by atoms with Gasteiger partial charge in [-0.3, -0.25) is 14.5 Å². The molecule has 0 N–H and O–H groups in total. The predicted molar refractivity (Wildman–Crippen MR) is 118 cm³/mol. The maximum Gasteiger partial charge on any atom is 0.232 e. The lowest BCUT2D eigenvalue weighted by Gasteiger charge is -2.39. The monoisotopic (exact) mass is 421 g/mol. The molecule has 0 bridgehead atoms. The minimum Gasteiger partial charge on any atom is -0.497 e. The van der Waals surface area contributed by atoms with Crippen LogP contribution in [-0.4, -0.2) is 32.5 Å². The number of hydrogen-bond acceptors (Lipinski definition) is 5. The molecule has 31 heavy (non-hydrogen) atoms. The summed E-state index contributed by atoms with van der Waals surface area (Å²) in [6, 6.07) is 13.0. The molecule has 1 aliphatic heterocycles. The van der Waals surface area contributed by atoms with E-state index in [9.17, 15) is 9.59 Å². The molecule has 2 aromatic carbocycles. The van der Waals surface area contributed by atoms with Crippen LogP contribution in [0.2, 0.25) is 0 Å². The van der Waals surface area contributed by atoms with Gasteiger partial charge in [-0.1, -0.05) is 18.2 Å². The molecule has 1 aliphatic carbocycles. The zero-order chi connectivity index (χ0) is 22.0. The number of para-hydroxylation sites is 2. The van der Waals surface area contributed by atoms with Gasteiger partial charge in [-0.2, -0.15) is 0 Å². The van der Waals surface area contributed by atoms with E-state index in [0.717, 1.165) is 17.7 Å². The van der Waals surface area contributed by atoms with Crippen LogP contribution in [0, 0.1) is 0 Å². The maximum atomic E-state index is 13.5. The van der Waals surface area contributed by atoms with Gasteiger partial charge in [0.25, 0.3) is 0 Å². The quantitative estimate of drug-likeness (QED) is 0.680. The van der Waals surface area contributed by atoms with Gasteiger partial charge in [0.15, 0.2) is 5.78 Å². The molecule has 1 heterocycles. The Hall–Kier alpha value is -3.28. The largest absolute Gasteiger partial charge is 0.497 e. The number of carbonyl (C=O) groups excluding carboxylic acids is 2. The first-order valence-corrected chi connectivity index (χ1v) is 10.6. The van der Waals surface area contributed by atoms with Crippen LogP contribution in [-0.2, 0) is 9.59 Å². The summed E-state index contributed by atoms with van der Waals surface area (Å²) in [7, 11) is 3.18. The van der Waals surface area contributed by atoms with E-state index in [4.69, 9.17) is 14.2 Å². The van der Waals surface area contributed by atoms with E-state index >= 15 is 0 Å². The molecule has 1 atom stereocenters. The summed E-state index contributed by atoms with van der Waals surface area (Å²) in [6.07, 6.45) is 2.07. The number of rotatable bonds is 6. The zero-order valence-electron chi connectivity index (χ0n) is 18.1. The molecule has 1 amide bonds. The summed E-state index contributed by atoms with van der Waals surface area (Å²) < 4.78 is 16.7. The summed E-state index contributed by atoms with van der Waals surface area (Å²) in [4.78, 5) is 28.3. The number of Topliss-reactive ketones (excluding diaryl/α,β-unsaturated/α-hetero) is 1. The molecule has 6 heteroatoms. The molecule has 0 saturated carbocycles. The van der Waals surface area contributed by atoms with Gasteiger partial charge < -0.3 is 14.2 Å². The summed E-state index contributed by atoms with van der Waals surface area (Å²) in [5.41, 5.74) is 3.01. The molecule has 4 rings (SSSR count). The van der Waals surface area contributed by atoms with Gasteiger partial charge in [0.1, 0.15) is 17.2 Å². The number of ether oxygens (including phenoxy) is 3. The van der Waals surface area contributed by atoms with Gasteiger partial charge in [0.05, 0.1) is 26.5 Å². The Morgan fingerprint density at radius 3 is 2.55 bits per heavy atom. The van der Waals surface area contributed by atoms with Crippen molar-refractivity contribution in [1.82, 2.24) is 0 Å². The van der Waals surface area contributed by atoms with Gasteiger partial charge >= 0.3 is 0 Å². The molecule has 162 valence electrons. The van der Waals surface area contributed by atoms with Crippen LogP contribution in [0.15, 0.2) is 53.7 Å². The second-order valence-corrected chi connectivity index (χ2v) is 7.63. The summed E-state index contributed by atoms with van der Waals surface area (Å²) in [5, 5.41) is 0. The molecular formula is C25H27NO5. The maximum absolute atomic E-state index is 13.5. The lowest BCUT2D eigenvalue weighted by molar-refractivity contribution is -0.120. The van der Waals surface area contributed by atoms with Crippen molar-refractivity contribution < 1.29 is 23.8 Å². The lowest BCUT2D eigenvalue weighted by Crippen LogP contribution is -2.40. The Morgan fingerprint density at radius 2 is 1.81 bits per heavy atom. The first kappa shape index (κ1) is 21.0. The Labute approximate surface area is 182 Å². The van der Waals surface area contributed by atoms with E-state index in [0.29, 0.717) is 48.0 Å². The Bertz CT molecular complexity index is 1040. The highest BCUT2D eigenvalue weighted by Crippen LogP contribution is 2.47. The number of allylic oxidation sites excluding steroid dienone is 2. The van der Waals surface area contributed by atoms with Crippen LogP contribution in [0.5, 0.6) is 17.2 Å². The first-order valence-electron chi connectivity index (χ1n) is 10.6. The van der Waals surface area contributed by atoms with Crippen molar-refractivity contribution in [2.24, 2.45) is 0 Å². The number of methoxy groups -OCH3 is 2. The fourth-order valence-corrected chi connectivity index (χ4v) is 4.56. The second-order valence-electron chi connectivity index (χ2n) is 7.63. The van der Waals surface area contributed by atoms with Crippen molar-refractivity contribution >= 4 is 17.4 Å². The highest BCUT2D eigenvalue weighted by atomic mass is 16.5. The highest BCUT2D eigenvalue weighted by molar-refractivity contribution is 6.08. The molecule has 1 unspecified atom stereocenters. The van der Waals surface area contributed by atoms with Crippen molar-refractivity contribution in [2.75, 3.05) is 25.7 Å². The number of amides is 1. The lowest BCUT2D eigenvalue weighted by atomic mass is 9.76. The van der Waals surface area contributed by atoms with Crippen molar-refractivity contribution in [3.63, 3.8) is 0 Å². The van der Waals surface area contributed by atoms with E-state index in [1.807, 2.05) is 43.3 Å². The molecule has 0 radical (unpaired) electrons. The minimum absolute atomic E-state index is 0.0523. The van der Waals surface area contributed by atoms with Gasteiger partial charge in [-0.05, 0) is 38.0 Å². The second kappa shape index (κ2) is 8.84. The van der Waals surface area contributed by atoms with Crippen molar-refractivity contribution in [3.05, 3.63) is 59.3 Å². The van der Waals surface area contributed by atoms with Crippen LogP contribution in [0.1, 0.15) is 44.1 Å². The normalized spacial score (nSPS) is 18.7. The molecule has 2 aliphatic rings. The molecule has 2 aromatic rings. The summed E-state index contributed by atoms with van der Waals surface area (Å²) >= 11 is 0. The number of nitrogens with zero attached hydrogens (tertiary/aromatic N) is 1. The molecular weight excluding hydrogens is 394 g/mol. The third-order valence-corrected chi connectivity index (χ3v) is 5.90. The Morgan fingerprint density at radius 1 is 1.00 bits per heavy atom. The number of ketones is 1. The highest BCUT2D eigenvalue weighted by Gasteiger charge is 2.41. The summed E-state index contributed by atoms with van der Waals surface area (Å²) in [6.45, 7) is 2.41. The van der Waals surface area contributed by atoms with Gasteiger partial charge in [-0.15, -0.1) is 0 Å². The fourth-order valence-electron chi connectivity index (χ4n) is 4.56. The smallest absolute Gasteiger partial charge is 0.232 e. The third-order valence-electron chi connectivity index (χ3n) is 5.90. The van der Waals surface area contributed by atoms with E-state index in [2.05, 4.69) is 0 Å².